The molecule has 0 radical (unpaired) electrons. The smallest absolute Gasteiger partial charge is 1.00 e. The van der Waals surface area contributed by atoms with Crippen LogP contribution in [-0.2, 0) is 17.4 Å². The van der Waals surface area contributed by atoms with Gasteiger partial charge in [0.15, 0.2) is 0 Å². The van der Waals surface area contributed by atoms with E-state index in [1.807, 2.05) is 0 Å². The molecule has 2 atom stereocenters. The molecule has 0 saturated heterocycles. The molecule has 4 rings (SSSR count). The maximum Gasteiger partial charge on any atom is -1.00 e. The van der Waals surface area contributed by atoms with Gasteiger partial charge in [0.1, 0.15) is 0 Å². The Morgan fingerprint density at radius 1 is 0.619 bits per heavy atom. The van der Waals surface area contributed by atoms with Gasteiger partial charge in [-0.25, -0.2) is 0 Å². The number of rotatable bonds is 10. The van der Waals surface area contributed by atoms with Crippen LogP contribution in [-0.4, -0.2) is 6.88 Å². The first-order valence-electron chi connectivity index (χ1n) is 16.4. The van der Waals surface area contributed by atoms with Gasteiger partial charge in [0.2, 0.25) is 0 Å². The molecule has 0 bridgehead atoms. The first kappa shape index (κ1) is 37.8. The number of unbranched alkanes of at least 4 members (excludes halogenated alkanes) is 2. The molecule has 42 heavy (non-hydrogen) atoms. The van der Waals surface area contributed by atoms with Gasteiger partial charge in [-0.1, -0.05) is 0 Å². The first-order chi connectivity index (χ1) is 18.8. The number of hydrogen-bond acceptors (Lipinski definition) is 0. The minimum atomic E-state index is -3.79. The molecule has 0 N–H and O–H groups in total. The average Bonchev–Trinajstić information content (AvgIpc) is 3.34. The van der Waals surface area contributed by atoms with Gasteiger partial charge in [-0.3, -0.25) is 0 Å². The molecule has 0 nitrogen and oxygen atoms in total. The summed E-state index contributed by atoms with van der Waals surface area (Å²) < 4.78 is 4.26. The van der Waals surface area contributed by atoms with Gasteiger partial charge in [0.25, 0.3) is 0 Å². The fraction of sp³-hybridized carbons (Fsp3) is 0.579. The largest absolute Gasteiger partial charge is 1.00 e. The number of aryl methyl sites for hydroxylation is 2. The Kier molecular flexibility index (Phi) is 12.5. The minimum absolute atomic E-state index is 0. The molecule has 2 unspecified atom stereocenters. The summed E-state index contributed by atoms with van der Waals surface area (Å²) >= 11 is -3.79. The van der Waals surface area contributed by atoms with Gasteiger partial charge in [0, 0.05) is 0 Å². The molecule has 0 aromatic heterocycles. The Labute approximate surface area is 274 Å². The molecule has 0 spiro atoms. The number of benzene rings is 2. The fourth-order valence-electron chi connectivity index (χ4n) is 9.36. The van der Waals surface area contributed by atoms with Crippen LogP contribution in [0.15, 0.2) is 35.4 Å². The van der Waals surface area contributed by atoms with Crippen LogP contribution in [0.25, 0.3) is 11.1 Å². The Balaban J connectivity index is 0.00000308. The summed E-state index contributed by atoms with van der Waals surface area (Å²) in [5.74, 6) is 1.10. The second-order valence-corrected chi connectivity index (χ2v) is 41.2. The van der Waals surface area contributed by atoms with E-state index >= 15 is 0 Å². The molecule has 232 valence electrons. The van der Waals surface area contributed by atoms with Crippen molar-refractivity contribution in [3.05, 3.63) is 79.9 Å². The van der Waals surface area contributed by atoms with E-state index in [1.165, 1.54) is 33.9 Å². The van der Waals surface area contributed by atoms with Crippen LogP contribution in [0.5, 0.6) is 0 Å². The molecular weight excluding hydrogens is 647 g/mol. The maximum atomic E-state index is 2.67. The predicted octanol–water partition coefficient (Wildman–Crippen LogP) is 5.63. The van der Waals surface area contributed by atoms with Crippen molar-refractivity contribution in [2.24, 2.45) is 0 Å². The number of hydrogen-bond donors (Lipinski definition) is 0. The van der Waals surface area contributed by atoms with Crippen molar-refractivity contribution in [3.63, 3.8) is 0 Å². The molecule has 0 aliphatic heterocycles. The Morgan fingerprint density at radius 2 is 0.952 bits per heavy atom. The monoisotopic (exact) mass is 702 g/mol. The van der Waals surface area contributed by atoms with Crippen molar-refractivity contribution >= 4 is 18.0 Å². The topological polar surface area (TPSA) is 0 Å². The quantitative estimate of drug-likeness (QED) is 0.282. The third kappa shape index (κ3) is 5.72. The van der Waals surface area contributed by atoms with E-state index in [0.717, 1.165) is 0 Å². The van der Waals surface area contributed by atoms with Crippen LogP contribution in [0, 0.1) is 13.8 Å². The van der Waals surface area contributed by atoms with Gasteiger partial charge in [-0.05, 0) is 0 Å². The molecule has 2 aromatic carbocycles. The Bertz CT molecular complexity index is 1350. The molecule has 2 aromatic rings. The van der Waals surface area contributed by atoms with E-state index in [9.17, 15) is 0 Å². The van der Waals surface area contributed by atoms with E-state index in [1.54, 1.807) is 66.8 Å². The van der Waals surface area contributed by atoms with Crippen molar-refractivity contribution < 1.29 is 42.2 Å². The maximum absolute atomic E-state index is 3.79. The van der Waals surface area contributed by atoms with Gasteiger partial charge >= 0.3 is 251 Å². The SMILES string of the molecule is CCC[CH2][Zr+2](=[SiH2])([CH2]CCC)([CH]1C(C)=C(C)c2c(C(C)C)ccc(C)c21)[CH]1C(C)=C(C)c2c(C(C)C)ccc(C)c21.[Cl-].[Cl-]. The summed E-state index contributed by atoms with van der Waals surface area (Å²) in [6.45, 7) is 32.0. The van der Waals surface area contributed by atoms with Crippen molar-refractivity contribution in [1.29, 1.82) is 0 Å². The Hall–Kier alpha value is -0.400. The van der Waals surface area contributed by atoms with Gasteiger partial charge < -0.3 is 24.8 Å². The molecule has 0 saturated carbocycles. The van der Waals surface area contributed by atoms with Crippen molar-refractivity contribution in [2.75, 3.05) is 0 Å². The third-order valence-corrected chi connectivity index (χ3v) is 39.8. The summed E-state index contributed by atoms with van der Waals surface area (Å²) in [7, 11) is 0. The molecule has 0 amide bonds. The van der Waals surface area contributed by atoms with Crippen LogP contribution in [0.1, 0.15) is 159 Å². The van der Waals surface area contributed by atoms with Crippen LogP contribution in [0.2, 0.25) is 8.26 Å². The van der Waals surface area contributed by atoms with Gasteiger partial charge in [-0.15, -0.1) is 0 Å². The fourth-order valence-corrected chi connectivity index (χ4v) is 41.3. The Morgan fingerprint density at radius 3 is 1.24 bits per heavy atom. The van der Waals surface area contributed by atoms with Crippen LogP contribution in [0.3, 0.4) is 0 Å². The van der Waals surface area contributed by atoms with Crippen molar-refractivity contribution in [1.82, 2.24) is 0 Å². The molecule has 2 aliphatic carbocycles. The van der Waals surface area contributed by atoms with Gasteiger partial charge in [0.05, 0.1) is 0 Å². The second kappa shape index (κ2) is 13.9. The average molecular weight is 705 g/mol. The van der Waals surface area contributed by atoms with Crippen LogP contribution < -0.4 is 24.8 Å². The predicted molar refractivity (Wildman–Crippen MR) is 181 cm³/mol. The number of halogens is 2. The summed E-state index contributed by atoms with van der Waals surface area (Å²) in [6.07, 6.45) is 5.35. The normalized spacial score (nSPS) is 17.9. The zero-order valence-corrected chi connectivity index (χ0v) is 34.2. The second-order valence-electron chi connectivity index (χ2n) is 14.7. The number of fused-ring (bicyclic) bond motifs is 2. The molecule has 0 fully saturated rings. The summed E-state index contributed by atoms with van der Waals surface area (Å²) in [6, 6.07) is 9.87. The van der Waals surface area contributed by atoms with E-state index in [2.05, 4.69) is 114 Å². The molecular formula is C38H58Cl2SiZr. The molecule has 4 heteroatoms. The molecule has 0 heterocycles. The standard InChI is InChI=1S/2C15H19.2C4H9.2ClH.H2Si.Zr/c2*1-9(2)13-7-6-10(3)14-8-11(4)12(5)15(13)14;2*1-3-4-2;;;;/h2*6-9H,1-5H3;2*1,3-4H2,2H3;2*1H;1H2;/q;;;;;;;+2/p-2. The summed E-state index contributed by atoms with van der Waals surface area (Å²) in [4.78, 5) is 0. The number of allylic oxidation sites excluding steroid dienone is 4. The van der Waals surface area contributed by atoms with Crippen molar-refractivity contribution in [2.45, 2.75) is 136 Å². The van der Waals surface area contributed by atoms with E-state index < -0.39 is 17.4 Å². The summed E-state index contributed by atoms with van der Waals surface area (Å²) in [5, 5.41) is 0. The van der Waals surface area contributed by atoms with Gasteiger partial charge in [-0.2, -0.15) is 0 Å². The van der Waals surface area contributed by atoms with E-state index in [0.29, 0.717) is 19.1 Å². The zero-order chi connectivity index (χ0) is 29.8. The molecule has 2 aliphatic rings. The minimum Gasteiger partial charge on any atom is -1.00 e. The third-order valence-electron chi connectivity index (χ3n) is 11.5. The van der Waals surface area contributed by atoms with E-state index in [4.69, 9.17) is 0 Å². The van der Waals surface area contributed by atoms with Crippen molar-refractivity contribution in [3.8, 4) is 0 Å². The van der Waals surface area contributed by atoms with Crippen LogP contribution >= 0.6 is 0 Å². The van der Waals surface area contributed by atoms with E-state index in [-0.39, 0.29) is 24.8 Å². The summed E-state index contributed by atoms with van der Waals surface area (Å²) in [5.41, 5.74) is 19.7. The first-order valence-corrected chi connectivity index (χ1v) is 28.7. The van der Waals surface area contributed by atoms with Crippen LogP contribution in [0.4, 0.5) is 0 Å². The zero-order valence-electron chi connectivity index (χ0n) is 28.8.